The monoisotopic (exact) mass is 153 g/mol. The lowest BCUT2D eigenvalue weighted by molar-refractivity contribution is 0.721. The summed E-state index contributed by atoms with van der Waals surface area (Å²) >= 11 is 0. The van der Waals surface area contributed by atoms with Crippen LogP contribution in [0.2, 0.25) is 0 Å². The second kappa shape index (κ2) is 1.90. The second-order valence-electron chi connectivity index (χ2n) is 3.08. The summed E-state index contributed by atoms with van der Waals surface area (Å²) < 4.78 is 1.43. The number of anilines is 1. The number of aromatic amines is 1. The maximum atomic E-state index is 11.1. The number of nitrogens with zero attached hydrogens (tertiary/aromatic N) is 1. The minimum atomic E-state index is -0.105. The van der Waals surface area contributed by atoms with Crippen molar-refractivity contribution in [2.24, 2.45) is 7.05 Å². The predicted molar refractivity (Wildman–Crippen MR) is 42.4 cm³/mol. The zero-order valence-corrected chi connectivity index (χ0v) is 6.42. The van der Waals surface area contributed by atoms with Crippen molar-refractivity contribution in [1.82, 2.24) is 9.78 Å². The molecule has 1 aromatic heterocycles. The molecule has 0 unspecified atom stereocenters. The number of hydrogen-bond donors (Lipinski definition) is 2. The summed E-state index contributed by atoms with van der Waals surface area (Å²) in [4.78, 5) is 11.1. The first-order chi connectivity index (χ1) is 5.20. The third kappa shape index (κ3) is 0.859. The molecule has 4 heteroatoms. The Morgan fingerprint density at radius 1 is 1.64 bits per heavy atom. The largest absolute Gasteiger partial charge is 0.393 e. The summed E-state index contributed by atoms with van der Waals surface area (Å²) in [5.41, 5.74) is 6.80. The van der Waals surface area contributed by atoms with Gasteiger partial charge in [0.25, 0.3) is 5.56 Å². The van der Waals surface area contributed by atoms with E-state index in [0.29, 0.717) is 11.6 Å². The molecule has 60 valence electrons. The molecule has 0 radical (unpaired) electrons. The molecule has 0 bridgehead atoms. The molecule has 0 saturated heterocycles. The van der Waals surface area contributed by atoms with Gasteiger partial charge >= 0.3 is 0 Å². The van der Waals surface area contributed by atoms with Crippen molar-refractivity contribution in [2.75, 3.05) is 5.73 Å². The maximum absolute atomic E-state index is 11.1. The maximum Gasteiger partial charge on any atom is 0.289 e. The molecule has 1 fully saturated rings. The zero-order valence-electron chi connectivity index (χ0n) is 6.42. The first-order valence-electron chi connectivity index (χ1n) is 3.74. The van der Waals surface area contributed by atoms with Crippen LogP contribution >= 0.6 is 0 Å². The molecule has 11 heavy (non-hydrogen) atoms. The number of nitrogen functional groups attached to an aromatic ring is 1. The van der Waals surface area contributed by atoms with E-state index in [9.17, 15) is 4.79 Å². The van der Waals surface area contributed by atoms with E-state index in [-0.39, 0.29) is 5.56 Å². The van der Waals surface area contributed by atoms with Crippen molar-refractivity contribution in [3.8, 4) is 0 Å². The van der Waals surface area contributed by atoms with Gasteiger partial charge in [0.1, 0.15) is 5.69 Å². The topological polar surface area (TPSA) is 63.8 Å². The lowest BCUT2D eigenvalue weighted by atomic mass is 10.3. The summed E-state index contributed by atoms with van der Waals surface area (Å²) in [6.45, 7) is 0. The molecule has 0 aromatic carbocycles. The van der Waals surface area contributed by atoms with Gasteiger partial charge in [0.2, 0.25) is 0 Å². The highest BCUT2D eigenvalue weighted by Gasteiger charge is 2.28. The molecule has 1 aliphatic rings. The van der Waals surface area contributed by atoms with E-state index in [2.05, 4.69) is 5.10 Å². The minimum absolute atomic E-state index is 0.105. The number of aromatic nitrogens is 2. The van der Waals surface area contributed by atoms with Crippen molar-refractivity contribution in [1.29, 1.82) is 0 Å². The summed E-state index contributed by atoms with van der Waals surface area (Å²) in [5.74, 6) is 0.517. The zero-order chi connectivity index (χ0) is 8.01. The Kier molecular flexibility index (Phi) is 1.13. The Morgan fingerprint density at radius 2 is 2.27 bits per heavy atom. The smallest absolute Gasteiger partial charge is 0.289 e. The number of hydrogen-bond acceptors (Lipinski definition) is 2. The van der Waals surface area contributed by atoms with Gasteiger partial charge in [0.15, 0.2) is 0 Å². The van der Waals surface area contributed by atoms with Gasteiger partial charge in [-0.3, -0.25) is 14.6 Å². The van der Waals surface area contributed by atoms with E-state index >= 15 is 0 Å². The van der Waals surface area contributed by atoms with Crippen molar-refractivity contribution < 1.29 is 0 Å². The average Bonchev–Trinajstić information content (AvgIpc) is 2.76. The Labute approximate surface area is 64.0 Å². The van der Waals surface area contributed by atoms with E-state index in [1.807, 2.05) is 0 Å². The SMILES string of the molecule is Cn1[nH]c(C2CC2)c(N)c1=O. The molecule has 1 heterocycles. The molecule has 0 spiro atoms. The summed E-state index contributed by atoms with van der Waals surface area (Å²) in [6, 6.07) is 0. The number of aryl methyl sites for hydroxylation is 1. The average molecular weight is 153 g/mol. The lowest BCUT2D eigenvalue weighted by Crippen LogP contribution is -2.14. The van der Waals surface area contributed by atoms with Crippen LogP contribution in [-0.4, -0.2) is 9.78 Å². The molecule has 0 atom stereocenters. The first-order valence-corrected chi connectivity index (χ1v) is 3.74. The van der Waals surface area contributed by atoms with Gasteiger partial charge < -0.3 is 5.73 Å². The van der Waals surface area contributed by atoms with E-state index in [1.54, 1.807) is 7.05 Å². The van der Waals surface area contributed by atoms with Gasteiger partial charge in [0.05, 0.1) is 5.69 Å². The molecule has 0 amide bonds. The van der Waals surface area contributed by atoms with Gasteiger partial charge in [-0.25, -0.2) is 0 Å². The van der Waals surface area contributed by atoms with Gasteiger partial charge in [-0.1, -0.05) is 0 Å². The van der Waals surface area contributed by atoms with Crippen molar-refractivity contribution in [2.45, 2.75) is 18.8 Å². The molecule has 0 aliphatic heterocycles. The highest BCUT2D eigenvalue weighted by atomic mass is 16.1. The van der Waals surface area contributed by atoms with Crippen molar-refractivity contribution in [3.05, 3.63) is 16.0 Å². The van der Waals surface area contributed by atoms with Crippen LogP contribution in [0.1, 0.15) is 24.5 Å². The molecule has 3 N–H and O–H groups in total. The van der Waals surface area contributed by atoms with Gasteiger partial charge in [-0.2, -0.15) is 0 Å². The Morgan fingerprint density at radius 3 is 2.64 bits per heavy atom. The summed E-state index contributed by atoms with van der Waals surface area (Å²) in [5, 5.41) is 2.95. The third-order valence-corrected chi connectivity index (χ3v) is 2.10. The normalized spacial score (nSPS) is 17.2. The molecule has 1 aliphatic carbocycles. The van der Waals surface area contributed by atoms with E-state index in [0.717, 1.165) is 18.5 Å². The van der Waals surface area contributed by atoms with E-state index in [4.69, 9.17) is 5.73 Å². The van der Waals surface area contributed by atoms with Gasteiger partial charge in [-0.15, -0.1) is 0 Å². The van der Waals surface area contributed by atoms with Crippen LogP contribution in [0.15, 0.2) is 4.79 Å². The Balaban J connectivity index is 2.55. The number of H-pyrrole nitrogens is 1. The van der Waals surface area contributed by atoms with Crippen molar-refractivity contribution in [3.63, 3.8) is 0 Å². The summed E-state index contributed by atoms with van der Waals surface area (Å²) in [7, 11) is 1.69. The van der Waals surface area contributed by atoms with Crippen LogP contribution in [0.4, 0.5) is 5.69 Å². The second-order valence-corrected chi connectivity index (χ2v) is 3.08. The third-order valence-electron chi connectivity index (χ3n) is 2.10. The molecule has 1 saturated carbocycles. The Hall–Kier alpha value is -1.19. The number of rotatable bonds is 1. The van der Waals surface area contributed by atoms with Crippen LogP contribution < -0.4 is 11.3 Å². The highest BCUT2D eigenvalue weighted by Crippen LogP contribution is 2.40. The fourth-order valence-corrected chi connectivity index (χ4v) is 1.27. The summed E-state index contributed by atoms with van der Waals surface area (Å²) in [6.07, 6.45) is 2.31. The number of nitrogens with one attached hydrogen (secondary N) is 1. The highest BCUT2D eigenvalue weighted by molar-refractivity contribution is 5.44. The molecular weight excluding hydrogens is 142 g/mol. The molecule has 2 rings (SSSR count). The van der Waals surface area contributed by atoms with Crippen LogP contribution in [0.5, 0.6) is 0 Å². The predicted octanol–water partition coefficient (Wildman–Crippen LogP) is 0.173. The van der Waals surface area contributed by atoms with Crippen LogP contribution in [0, 0.1) is 0 Å². The van der Waals surface area contributed by atoms with Crippen molar-refractivity contribution >= 4 is 5.69 Å². The van der Waals surface area contributed by atoms with E-state index < -0.39 is 0 Å². The first kappa shape index (κ1) is 6.52. The van der Waals surface area contributed by atoms with Crippen LogP contribution in [-0.2, 0) is 7.05 Å². The molecule has 1 aromatic rings. The van der Waals surface area contributed by atoms with Crippen LogP contribution in [0.3, 0.4) is 0 Å². The fraction of sp³-hybridized carbons (Fsp3) is 0.571. The Bertz CT molecular complexity index is 332. The fourth-order valence-electron chi connectivity index (χ4n) is 1.27. The quantitative estimate of drug-likeness (QED) is 0.604. The number of nitrogens with two attached hydrogens (primary N) is 1. The lowest BCUT2D eigenvalue weighted by Gasteiger charge is -1.90. The van der Waals surface area contributed by atoms with Gasteiger partial charge in [-0.05, 0) is 12.8 Å². The van der Waals surface area contributed by atoms with E-state index in [1.165, 1.54) is 4.68 Å². The molecule has 4 nitrogen and oxygen atoms in total. The standard InChI is InChI=1S/C7H11N3O/c1-10-7(11)5(8)6(9-10)4-2-3-4/h4,9H,2-3,8H2,1H3. The van der Waals surface area contributed by atoms with Crippen LogP contribution in [0.25, 0.3) is 0 Å². The van der Waals surface area contributed by atoms with Gasteiger partial charge in [0, 0.05) is 13.0 Å². The molecular formula is C7H11N3O. The minimum Gasteiger partial charge on any atom is -0.393 e.